The van der Waals surface area contributed by atoms with Crippen molar-refractivity contribution in [3.63, 3.8) is 0 Å². The summed E-state index contributed by atoms with van der Waals surface area (Å²) >= 11 is 0. The third-order valence-corrected chi connectivity index (χ3v) is 4.89. The molecule has 1 atom stereocenters. The van der Waals surface area contributed by atoms with Gasteiger partial charge < -0.3 is 19.5 Å². The molecule has 0 fully saturated rings. The Kier molecular flexibility index (Phi) is 6.85. The van der Waals surface area contributed by atoms with Crippen molar-refractivity contribution in [1.82, 2.24) is 9.97 Å². The van der Waals surface area contributed by atoms with E-state index in [0.717, 1.165) is 6.07 Å². The average molecular weight is 455 g/mol. The zero-order chi connectivity index (χ0) is 23.5. The van der Waals surface area contributed by atoms with E-state index in [9.17, 15) is 22.4 Å². The highest BCUT2D eigenvalue weighted by atomic mass is 19.4. The number of aryl methyl sites for hydroxylation is 1. The number of hydrogen-bond donors (Lipinski definition) is 1. The molecule has 11 heteroatoms. The zero-order valence-electron chi connectivity index (χ0n) is 17.5. The first kappa shape index (κ1) is 23.3. The lowest BCUT2D eigenvalue weighted by Gasteiger charge is -2.24. The van der Waals surface area contributed by atoms with Gasteiger partial charge in [-0.2, -0.15) is 13.2 Å². The molecule has 1 aromatic carbocycles. The third kappa shape index (κ3) is 4.92. The fourth-order valence-electron chi connectivity index (χ4n) is 3.42. The van der Waals surface area contributed by atoms with Crippen LogP contribution >= 0.6 is 0 Å². The summed E-state index contributed by atoms with van der Waals surface area (Å²) in [5.74, 6) is -0.263. The van der Waals surface area contributed by atoms with Crippen molar-refractivity contribution in [1.29, 1.82) is 0 Å². The number of ether oxygens (including phenoxy) is 3. The van der Waals surface area contributed by atoms with E-state index in [0.29, 0.717) is 0 Å². The molecule has 3 rings (SSSR count). The van der Waals surface area contributed by atoms with Crippen LogP contribution < -0.4 is 5.32 Å². The monoisotopic (exact) mass is 455 g/mol. The van der Waals surface area contributed by atoms with Crippen LogP contribution in [0.1, 0.15) is 46.1 Å². The predicted molar refractivity (Wildman–Crippen MR) is 105 cm³/mol. The molecule has 7 nitrogen and oxygen atoms in total. The number of benzene rings is 1. The van der Waals surface area contributed by atoms with E-state index in [4.69, 9.17) is 14.2 Å². The number of methoxy groups -OCH3 is 1. The van der Waals surface area contributed by atoms with Gasteiger partial charge in [0.05, 0.1) is 36.4 Å². The number of aromatic nitrogens is 2. The van der Waals surface area contributed by atoms with Gasteiger partial charge in [-0.25, -0.2) is 14.4 Å². The minimum Gasteiger partial charge on any atom is -0.469 e. The first-order valence-corrected chi connectivity index (χ1v) is 9.55. The Morgan fingerprint density at radius 1 is 1.22 bits per heavy atom. The highest BCUT2D eigenvalue weighted by Crippen LogP contribution is 2.37. The van der Waals surface area contributed by atoms with Gasteiger partial charge in [0, 0.05) is 0 Å². The minimum absolute atomic E-state index is 0.0737. The highest BCUT2D eigenvalue weighted by molar-refractivity contribution is 5.73. The van der Waals surface area contributed by atoms with Crippen LogP contribution in [-0.4, -0.2) is 29.7 Å². The first-order valence-electron chi connectivity index (χ1n) is 9.55. The molecule has 1 aliphatic rings. The number of rotatable bonds is 7. The summed E-state index contributed by atoms with van der Waals surface area (Å²) in [6, 6.07) is 2.41. The Morgan fingerprint density at radius 2 is 1.91 bits per heavy atom. The second-order valence-corrected chi connectivity index (χ2v) is 6.98. The molecule has 0 spiro atoms. The summed E-state index contributed by atoms with van der Waals surface area (Å²) in [7, 11) is 1.22. The zero-order valence-corrected chi connectivity index (χ0v) is 17.5. The third-order valence-electron chi connectivity index (χ3n) is 4.89. The summed E-state index contributed by atoms with van der Waals surface area (Å²) in [4.78, 5) is 20.4. The SMILES string of the molecule is COC(=O)Cc1nc(C)nc(N[C@H](CF)c2cccc(C(F)(F)F)c2C)c1C1OC=CO1. The number of esters is 1. The largest absolute Gasteiger partial charge is 0.469 e. The lowest BCUT2D eigenvalue weighted by Crippen LogP contribution is -2.22. The number of carbonyl (C=O) groups is 1. The van der Waals surface area contributed by atoms with Crippen LogP contribution in [-0.2, 0) is 31.6 Å². The van der Waals surface area contributed by atoms with Crippen LogP contribution in [0.25, 0.3) is 0 Å². The number of nitrogens with one attached hydrogen (secondary N) is 1. The van der Waals surface area contributed by atoms with Crippen LogP contribution in [0.3, 0.4) is 0 Å². The van der Waals surface area contributed by atoms with E-state index in [1.165, 1.54) is 38.7 Å². The summed E-state index contributed by atoms with van der Waals surface area (Å²) < 4.78 is 69.5. The summed E-state index contributed by atoms with van der Waals surface area (Å²) in [5, 5.41) is 2.85. The van der Waals surface area contributed by atoms with Crippen LogP contribution in [0.15, 0.2) is 30.7 Å². The Balaban J connectivity index is 2.06. The molecule has 0 saturated heterocycles. The molecule has 0 saturated carbocycles. The number of anilines is 1. The molecular weight excluding hydrogens is 434 g/mol. The van der Waals surface area contributed by atoms with E-state index in [1.54, 1.807) is 6.92 Å². The second kappa shape index (κ2) is 9.41. The molecule has 172 valence electrons. The number of halogens is 4. The van der Waals surface area contributed by atoms with Gasteiger partial charge in [0.25, 0.3) is 6.29 Å². The van der Waals surface area contributed by atoms with E-state index in [2.05, 4.69) is 15.3 Å². The van der Waals surface area contributed by atoms with Crippen molar-refractivity contribution in [2.24, 2.45) is 0 Å². The van der Waals surface area contributed by atoms with Gasteiger partial charge in [0.1, 0.15) is 30.8 Å². The minimum atomic E-state index is -4.58. The molecule has 2 heterocycles. The molecule has 2 aromatic rings. The summed E-state index contributed by atoms with van der Waals surface area (Å²) in [6.45, 7) is 1.82. The number of hydrogen-bond acceptors (Lipinski definition) is 7. The normalized spacial score (nSPS) is 14.6. The van der Waals surface area contributed by atoms with E-state index in [1.807, 2.05) is 0 Å². The molecule has 1 N–H and O–H groups in total. The van der Waals surface area contributed by atoms with Gasteiger partial charge in [-0.15, -0.1) is 0 Å². The quantitative estimate of drug-likeness (QED) is 0.487. The summed E-state index contributed by atoms with van der Waals surface area (Å²) in [6.07, 6.45) is -3.29. The van der Waals surface area contributed by atoms with E-state index >= 15 is 0 Å². The molecule has 0 radical (unpaired) electrons. The molecule has 1 aliphatic heterocycles. The molecule has 0 bridgehead atoms. The van der Waals surface area contributed by atoms with Crippen molar-refractivity contribution >= 4 is 11.8 Å². The molecule has 32 heavy (non-hydrogen) atoms. The van der Waals surface area contributed by atoms with Gasteiger partial charge in [0.15, 0.2) is 0 Å². The van der Waals surface area contributed by atoms with Crippen LogP contribution in [0.2, 0.25) is 0 Å². The Labute approximate surface area is 181 Å². The molecule has 0 unspecified atom stereocenters. The lowest BCUT2D eigenvalue weighted by atomic mass is 9.96. The van der Waals surface area contributed by atoms with E-state index in [-0.39, 0.29) is 40.4 Å². The van der Waals surface area contributed by atoms with Gasteiger partial charge in [-0.1, -0.05) is 12.1 Å². The number of alkyl halides is 4. The maximum atomic E-state index is 14.1. The second-order valence-electron chi connectivity index (χ2n) is 6.98. The summed E-state index contributed by atoms with van der Waals surface area (Å²) in [5.41, 5.74) is -0.405. The van der Waals surface area contributed by atoms with Crippen molar-refractivity contribution in [3.8, 4) is 0 Å². The van der Waals surface area contributed by atoms with E-state index < -0.39 is 36.7 Å². The maximum absolute atomic E-state index is 14.1. The Hall–Kier alpha value is -3.37. The highest BCUT2D eigenvalue weighted by Gasteiger charge is 2.34. The van der Waals surface area contributed by atoms with Crippen molar-refractivity contribution in [3.05, 3.63) is 64.5 Å². The lowest BCUT2D eigenvalue weighted by molar-refractivity contribution is -0.140. The topological polar surface area (TPSA) is 82.6 Å². The molecule has 1 aromatic heterocycles. The average Bonchev–Trinajstić information content (AvgIpc) is 3.25. The fourth-order valence-corrected chi connectivity index (χ4v) is 3.42. The standard InChI is InChI=1S/C21H21F4N3O4/c1-11-13(5-4-6-14(11)21(23,24)25)16(10-22)28-19-18(20-31-7-8-32-20)15(9-17(29)30-3)26-12(2)27-19/h4-8,16,20H,9-10H2,1-3H3,(H,26,27,28)/t16-/m1/s1. The van der Waals surface area contributed by atoms with Crippen molar-refractivity contribution in [2.75, 3.05) is 19.1 Å². The smallest absolute Gasteiger partial charge is 0.416 e. The van der Waals surface area contributed by atoms with Gasteiger partial charge >= 0.3 is 12.1 Å². The van der Waals surface area contributed by atoms with Crippen molar-refractivity contribution in [2.45, 2.75) is 38.8 Å². The van der Waals surface area contributed by atoms with Crippen LogP contribution in [0.5, 0.6) is 0 Å². The Bertz CT molecular complexity index is 1020. The molecular formula is C21H21F4N3O4. The van der Waals surface area contributed by atoms with Gasteiger partial charge in [-0.3, -0.25) is 4.79 Å². The van der Waals surface area contributed by atoms with Gasteiger partial charge in [0.2, 0.25) is 0 Å². The predicted octanol–water partition coefficient (Wildman–Crippen LogP) is 4.47. The Morgan fingerprint density at radius 3 is 2.50 bits per heavy atom. The molecule has 0 amide bonds. The maximum Gasteiger partial charge on any atom is 0.416 e. The van der Waals surface area contributed by atoms with Gasteiger partial charge in [-0.05, 0) is 31.0 Å². The fraction of sp³-hybridized carbons (Fsp3) is 0.381. The number of nitrogens with zero attached hydrogens (tertiary/aromatic N) is 2. The van der Waals surface area contributed by atoms with Crippen LogP contribution in [0.4, 0.5) is 23.4 Å². The van der Waals surface area contributed by atoms with Crippen molar-refractivity contribution < 1.29 is 36.6 Å². The van der Waals surface area contributed by atoms with Crippen LogP contribution in [0, 0.1) is 13.8 Å². The first-order chi connectivity index (χ1) is 15.2. The molecule has 0 aliphatic carbocycles. The number of carbonyl (C=O) groups excluding carboxylic acids is 1.